The molecule has 0 spiro atoms. The molecule has 2 atom stereocenters. The molecule has 1 heterocycles. The molecule has 1 rings (SSSR count). The van der Waals surface area contributed by atoms with Gasteiger partial charge in [-0.2, -0.15) is 0 Å². The Morgan fingerprint density at radius 1 is 1.38 bits per heavy atom. The summed E-state index contributed by atoms with van der Waals surface area (Å²) in [6.45, 7) is 9.35. The van der Waals surface area contributed by atoms with Crippen LogP contribution in [-0.4, -0.2) is 11.5 Å². The number of halogens is 1. The van der Waals surface area contributed by atoms with Gasteiger partial charge in [0.1, 0.15) is 5.82 Å². The molecule has 90 valence electrons. The fraction of sp³-hybridized carbons (Fsp3) is 0.615. The van der Waals surface area contributed by atoms with Gasteiger partial charge in [0.15, 0.2) is 0 Å². The Labute approximate surface area is 97.3 Å². The second kappa shape index (κ2) is 5.94. The van der Waals surface area contributed by atoms with E-state index in [9.17, 15) is 4.39 Å². The summed E-state index contributed by atoms with van der Waals surface area (Å²) >= 11 is 0. The molecular weight excluding hydrogens is 203 g/mol. The summed E-state index contributed by atoms with van der Waals surface area (Å²) in [6, 6.07) is 1.83. The summed E-state index contributed by atoms with van der Waals surface area (Å²) in [5.74, 6) is 0.675. The van der Waals surface area contributed by atoms with Crippen molar-refractivity contribution in [2.75, 3.05) is 6.54 Å². The highest BCUT2D eigenvalue weighted by molar-refractivity contribution is 5.18. The lowest BCUT2D eigenvalue weighted by atomic mass is 9.86. The largest absolute Gasteiger partial charge is 0.310 e. The maximum absolute atomic E-state index is 13.7. The zero-order valence-corrected chi connectivity index (χ0v) is 10.5. The Morgan fingerprint density at radius 2 is 2.06 bits per heavy atom. The summed E-state index contributed by atoms with van der Waals surface area (Å²) in [4.78, 5) is 3.79. The topological polar surface area (TPSA) is 24.9 Å². The van der Waals surface area contributed by atoms with Gasteiger partial charge in [-0.05, 0) is 24.4 Å². The van der Waals surface area contributed by atoms with Gasteiger partial charge >= 0.3 is 0 Å². The highest BCUT2D eigenvalue weighted by atomic mass is 19.1. The van der Waals surface area contributed by atoms with E-state index in [1.165, 1.54) is 6.20 Å². The van der Waals surface area contributed by atoms with E-state index in [1.54, 1.807) is 12.3 Å². The zero-order chi connectivity index (χ0) is 12.1. The number of nitrogens with one attached hydrogen (secondary N) is 1. The van der Waals surface area contributed by atoms with Crippen LogP contribution < -0.4 is 5.32 Å². The summed E-state index contributed by atoms with van der Waals surface area (Å²) in [6.07, 6.45) is 2.93. The van der Waals surface area contributed by atoms with Crippen LogP contribution in [0.2, 0.25) is 0 Å². The SMILES string of the molecule is CCNC(c1ccncc1F)C(C)C(C)C. The first-order valence-corrected chi connectivity index (χ1v) is 5.90. The minimum atomic E-state index is -0.221. The molecule has 1 N–H and O–H groups in total. The standard InChI is InChI=1S/C13H21FN2/c1-5-16-13(10(4)9(2)3)11-6-7-15-8-12(11)14/h6-10,13,16H,5H2,1-4H3. The maximum Gasteiger partial charge on any atom is 0.146 e. The van der Waals surface area contributed by atoms with Crippen molar-refractivity contribution in [3.05, 3.63) is 29.8 Å². The number of aromatic nitrogens is 1. The van der Waals surface area contributed by atoms with E-state index < -0.39 is 0 Å². The van der Waals surface area contributed by atoms with Gasteiger partial charge in [-0.1, -0.05) is 27.7 Å². The van der Waals surface area contributed by atoms with Crippen LogP contribution in [0.15, 0.2) is 18.5 Å². The maximum atomic E-state index is 13.7. The Bertz CT molecular complexity index is 325. The van der Waals surface area contributed by atoms with Gasteiger partial charge < -0.3 is 5.32 Å². The summed E-state index contributed by atoms with van der Waals surface area (Å²) in [5.41, 5.74) is 0.720. The number of nitrogens with zero attached hydrogens (tertiary/aromatic N) is 1. The monoisotopic (exact) mass is 224 g/mol. The Kier molecular flexibility index (Phi) is 4.87. The van der Waals surface area contributed by atoms with Crippen LogP contribution in [-0.2, 0) is 0 Å². The summed E-state index contributed by atoms with van der Waals surface area (Å²) in [7, 11) is 0. The molecule has 1 aromatic heterocycles. The molecule has 0 radical (unpaired) electrons. The smallest absolute Gasteiger partial charge is 0.146 e. The quantitative estimate of drug-likeness (QED) is 0.831. The molecule has 1 aromatic rings. The molecule has 0 aliphatic rings. The normalized spacial score (nSPS) is 15.1. The van der Waals surface area contributed by atoms with Gasteiger partial charge in [0.25, 0.3) is 0 Å². The molecule has 0 saturated heterocycles. The zero-order valence-electron chi connectivity index (χ0n) is 10.5. The van der Waals surface area contributed by atoms with Gasteiger partial charge in [0.05, 0.1) is 6.20 Å². The van der Waals surface area contributed by atoms with E-state index in [2.05, 4.69) is 31.1 Å². The van der Waals surface area contributed by atoms with Crippen molar-refractivity contribution in [1.82, 2.24) is 10.3 Å². The van der Waals surface area contributed by atoms with E-state index in [4.69, 9.17) is 0 Å². The predicted molar refractivity (Wildman–Crippen MR) is 64.6 cm³/mol. The molecule has 2 unspecified atom stereocenters. The Morgan fingerprint density at radius 3 is 2.56 bits per heavy atom. The van der Waals surface area contributed by atoms with E-state index in [0.29, 0.717) is 11.8 Å². The molecule has 0 aliphatic heterocycles. The van der Waals surface area contributed by atoms with E-state index in [0.717, 1.165) is 12.1 Å². The van der Waals surface area contributed by atoms with Gasteiger partial charge in [0, 0.05) is 17.8 Å². The minimum absolute atomic E-state index is 0.0630. The minimum Gasteiger partial charge on any atom is -0.310 e. The number of hydrogen-bond donors (Lipinski definition) is 1. The molecule has 0 fully saturated rings. The molecule has 0 aliphatic carbocycles. The van der Waals surface area contributed by atoms with Crippen LogP contribution in [0.3, 0.4) is 0 Å². The van der Waals surface area contributed by atoms with Crippen molar-refractivity contribution < 1.29 is 4.39 Å². The Hall–Kier alpha value is -0.960. The fourth-order valence-electron chi connectivity index (χ4n) is 1.82. The first-order valence-electron chi connectivity index (χ1n) is 5.90. The van der Waals surface area contributed by atoms with Gasteiger partial charge in [-0.25, -0.2) is 4.39 Å². The molecule has 3 heteroatoms. The summed E-state index contributed by atoms with van der Waals surface area (Å²) in [5, 5.41) is 3.35. The first kappa shape index (κ1) is 13.1. The highest BCUT2D eigenvalue weighted by Gasteiger charge is 2.23. The van der Waals surface area contributed by atoms with Crippen LogP contribution >= 0.6 is 0 Å². The van der Waals surface area contributed by atoms with Gasteiger partial charge in [0.2, 0.25) is 0 Å². The number of pyridine rings is 1. The lowest BCUT2D eigenvalue weighted by Gasteiger charge is -2.28. The average molecular weight is 224 g/mol. The first-order chi connectivity index (χ1) is 7.57. The average Bonchev–Trinajstić information content (AvgIpc) is 2.26. The second-order valence-electron chi connectivity index (χ2n) is 4.54. The van der Waals surface area contributed by atoms with Crippen molar-refractivity contribution in [2.24, 2.45) is 11.8 Å². The summed E-state index contributed by atoms with van der Waals surface area (Å²) < 4.78 is 13.7. The van der Waals surface area contributed by atoms with Crippen molar-refractivity contribution >= 4 is 0 Å². The van der Waals surface area contributed by atoms with Crippen LogP contribution in [0.4, 0.5) is 4.39 Å². The van der Waals surface area contributed by atoms with Crippen LogP contribution in [0.5, 0.6) is 0 Å². The predicted octanol–water partition coefficient (Wildman–Crippen LogP) is 3.16. The van der Waals surface area contributed by atoms with Crippen LogP contribution in [0, 0.1) is 17.7 Å². The van der Waals surface area contributed by atoms with Crippen molar-refractivity contribution in [3.63, 3.8) is 0 Å². The van der Waals surface area contributed by atoms with Crippen LogP contribution in [0.1, 0.15) is 39.3 Å². The van der Waals surface area contributed by atoms with Gasteiger partial charge in [-0.3, -0.25) is 4.98 Å². The van der Waals surface area contributed by atoms with E-state index in [-0.39, 0.29) is 11.9 Å². The van der Waals surface area contributed by atoms with Crippen molar-refractivity contribution in [2.45, 2.75) is 33.7 Å². The van der Waals surface area contributed by atoms with Crippen LogP contribution in [0.25, 0.3) is 0 Å². The Balaban J connectivity index is 2.98. The molecule has 16 heavy (non-hydrogen) atoms. The van der Waals surface area contributed by atoms with E-state index in [1.807, 2.05) is 6.92 Å². The third kappa shape index (κ3) is 3.01. The third-order valence-corrected chi connectivity index (χ3v) is 3.14. The molecule has 0 aromatic carbocycles. The fourth-order valence-corrected chi connectivity index (χ4v) is 1.82. The number of rotatable bonds is 5. The van der Waals surface area contributed by atoms with Crippen molar-refractivity contribution in [3.8, 4) is 0 Å². The molecule has 0 bridgehead atoms. The molecule has 2 nitrogen and oxygen atoms in total. The van der Waals surface area contributed by atoms with Crippen molar-refractivity contribution in [1.29, 1.82) is 0 Å². The van der Waals surface area contributed by atoms with Gasteiger partial charge in [-0.15, -0.1) is 0 Å². The third-order valence-electron chi connectivity index (χ3n) is 3.14. The molecule has 0 saturated carbocycles. The van der Waals surface area contributed by atoms with E-state index >= 15 is 0 Å². The lowest BCUT2D eigenvalue weighted by Crippen LogP contribution is -2.30. The number of hydrogen-bond acceptors (Lipinski definition) is 2. The molecule has 0 amide bonds. The second-order valence-corrected chi connectivity index (χ2v) is 4.54. The lowest BCUT2D eigenvalue weighted by molar-refractivity contribution is 0.300. The molecular formula is C13H21FN2. The highest BCUT2D eigenvalue weighted by Crippen LogP contribution is 2.28.